The van der Waals surface area contributed by atoms with Gasteiger partial charge in [0.15, 0.2) is 0 Å². The van der Waals surface area contributed by atoms with Gasteiger partial charge in [-0.05, 0) is 23.6 Å². The smallest absolute Gasteiger partial charge is 0.330 e. The largest absolute Gasteiger partial charge is 0.466 e. The Bertz CT molecular complexity index is 337. The van der Waals surface area contributed by atoms with E-state index in [1.54, 1.807) is 6.08 Å². The maximum atomic E-state index is 10.8. The third-order valence-corrected chi connectivity index (χ3v) is 1.96. The molecular formula is C11H15NO2. The molecule has 0 saturated heterocycles. The van der Waals surface area contributed by atoms with Gasteiger partial charge in [0.1, 0.15) is 0 Å². The van der Waals surface area contributed by atoms with E-state index in [9.17, 15) is 4.79 Å². The van der Waals surface area contributed by atoms with E-state index in [0.29, 0.717) is 5.92 Å². The van der Waals surface area contributed by atoms with E-state index >= 15 is 0 Å². The molecule has 0 amide bonds. The Labute approximate surface area is 83.8 Å². The fourth-order valence-corrected chi connectivity index (χ4v) is 1.09. The van der Waals surface area contributed by atoms with Gasteiger partial charge in [0.25, 0.3) is 0 Å². The van der Waals surface area contributed by atoms with Crippen LogP contribution in [0.15, 0.2) is 18.3 Å². The Hall–Kier alpha value is -1.51. The van der Waals surface area contributed by atoms with Gasteiger partial charge in [-0.1, -0.05) is 13.8 Å². The van der Waals surface area contributed by atoms with E-state index in [4.69, 9.17) is 0 Å². The summed E-state index contributed by atoms with van der Waals surface area (Å²) in [5, 5.41) is 0. The van der Waals surface area contributed by atoms with E-state index in [0.717, 1.165) is 11.3 Å². The van der Waals surface area contributed by atoms with Gasteiger partial charge in [0.05, 0.1) is 7.11 Å². The standard InChI is InChI=1S/C11H15NO2/c1-8(2)10-6-9(7-12-10)4-5-11(13)14-3/h4-8,12H,1-3H3. The van der Waals surface area contributed by atoms with Crippen molar-refractivity contribution in [2.45, 2.75) is 19.8 Å². The average molecular weight is 193 g/mol. The first-order valence-electron chi connectivity index (χ1n) is 4.58. The van der Waals surface area contributed by atoms with Crippen LogP contribution in [0, 0.1) is 0 Å². The highest BCUT2D eigenvalue weighted by Gasteiger charge is 2.00. The zero-order valence-corrected chi connectivity index (χ0v) is 8.70. The quantitative estimate of drug-likeness (QED) is 0.591. The maximum absolute atomic E-state index is 10.8. The number of hydrogen-bond donors (Lipinski definition) is 1. The van der Waals surface area contributed by atoms with Crippen molar-refractivity contribution in [2.24, 2.45) is 0 Å². The van der Waals surface area contributed by atoms with Gasteiger partial charge in [-0.25, -0.2) is 4.79 Å². The van der Waals surface area contributed by atoms with Gasteiger partial charge < -0.3 is 9.72 Å². The second-order valence-corrected chi connectivity index (χ2v) is 3.40. The molecule has 76 valence electrons. The average Bonchev–Trinajstić information content (AvgIpc) is 2.62. The summed E-state index contributed by atoms with van der Waals surface area (Å²) in [7, 11) is 1.36. The molecule has 0 saturated carbocycles. The molecule has 1 rings (SSSR count). The summed E-state index contributed by atoms with van der Waals surface area (Å²) in [5.74, 6) is 0.132. The van der Waals surface area contributed by atoms with Crippen LogP contribution in [0.3, 0.4) is 0 Å². The normalized spacial score (nSPS) is 11.1. The number of carbonyl (C=O) groups is 1. The zero-order valence-electron chi connectivity index (χ0n) is 8.70. The van der Waals surface area contributed by atoms with Gasteiger partial charge in [0, 0.05) is 18.0 Å². The van der Waals surface area contributed by atoms with Gasteiger partial charge >= 0.3 is 5.97 Å². The summed E-state index contributed by atoms with van der Waals surface area (Å²) in [5.41, 5.74) is 2.15. The monoisotopic (exact) mass is 193 g/mol. The Balaban J connectivity index is 2.68. The molecule has 1 aromatic rings. The lowest BCUT2D eigenvalue weighted by Crippen LogP contribution is -1.92. The molecule has 1 heterocycles. The number of nitrogens with one attached hydrogen (secondary N) is 1. The van der Waals surface area contributed by atoms with Crippen LogP contribution in [0.2, 0.25) is 0 Å². The van der Waals surface area contributed by atoms with E-state index in [2.05, 4.69) is 23.6 Å². The number of aromatic amines is 1. The van der Waals surface area contributed by atoms with Crippen molar-refractivity contribution < 1.29 is 9.53 Å². The Kier molecular flexibility index (Phi) is 3.51. The van der Waals surface area contributed by atoms with Crippen LogP contribution in [0.5, 0.6) is 0 Å². The van der Waals surface area contributed by atoms with E-state index in [1.807, 2.05) is 12.3 Å². The molecule has 0 fully saturated rings. The molecule has 0 aliphatic carbocycles. The minimum absolute atomic E-state index is 0.336. The number of ether oxygens (including phenoxy) is 1. The fourth-order valence-electron chi connectivity index (χ4n) is 1.09. The molecule has 1 aromatic heterocycles. The summed E-state index contributed by atoms with van der Waals surface area (Å²) < 4.78 is 4.49. The minimum atomic E-state index is -0.336. The molecule has 3 heteroatoms. The summed E-state index contributed by atoms with van der Waals surface area (Å²) in [6, 6.07) is 2.02. The van der Waals surface area contributed by atoms with Crippen molar-refractivity contribution in [3.8, 4) is 0 Å². The second kappa shape index (κ2) is 4.65. The number of aromatic nitrogens is 1. The number of carbonyl (C=O) groups excluding carboxylic acids is 1. The molecule has 0 aliphatic rings. The van der Waals surface area contributed by atoms with Crippen molar-refractivity contribution in [3.63, 3.8) is 0 Å². The first-order chi connectivity index (χ1) is 6.63. The first-order valence-corrected chi connectivity index (χ1v) is 4.58. The molecule has 0 radical (unpaired) electrons. The molecule has 0 bridgehead atoms. The Morgan fingerprint density at radius 1 is 1.57 bits per heavy atom. The first kappa shape index (κ1) is 10.6. The molecule has 1 N–H and O–H groups in total. The highest BCUT2D eigenvalue weighted by molar-refractivity contribution is 5.86. The molecule has 0 aromatic carbocycles. The lowest BCUT2D eigenvalue weighted by molar-refractivity contribution is -0.134. The predicted octanol–water partition coefficient (Wildman–Crippen LogP) is 2.32. The van der Waals surface area contributed by atoms with Crippen molar-refractivity contribution in [1.29, 1.82) is 0 Å². The molecule has 0 aliphatic heterocycles. The third-order valence-electron chi connectivity index (χ3n) is 1.96. The summed E-state index contributed by atoms with van der Waals surface area (Å²) in [6.45, 7) is 4.22. The number of hydrogen-bond acceptors (Lipinski definition) is 2. The number of H-pyrrole nitrogens is 1. The summed E-state index contributed by atoms with van der Waals surface area (Å²) >= 11 is 0. The van der Waals surface area contributed by atoms with Gasteiger partial charge in [-0.2, -0.15) is 0 Å². The van der Waals surface area contributed by atoms with E-state index in [1.165, 1.54) is 13.2 Å². The van der Waals surface area contributed by atoms with Crippen LogP contribution in [0.25, 0.3) is 6.08 Å². The highest BCUT2D eigenvalue weighted by atomic mass is 16.5. The summed E-state index contributed by atoms with van der Waals surface area (Å²) in [4.78, 5) is 14.0. The van der Waals surface area contributed by atoms with Crippen LogP contribution < -0.4 is 0 Å². The Morgan fingerprint density at radius 3 is 2.79 bits per heavy atom. The van der Waals surface area contributed by atoms with Gasteiger partial charge in [-0.15, -0.1) is 0 Å². The third kappa shape index (κ3) is 2.76. The van der Waals surface area contributed by atoms with Crippen molar-refractivity contribution >= 4 is 12.0 Å². The second-order valence-electron chi connectivity index (χ2n) is 3.40. The Morgan fingerprint density at radius 2 is 2.29 bits per heavy atom. The van der Waals surface area contributed by atoms with Crippen molar-refractivity contribution in [1.82, 2.24) is 4.98 Å². The van der Waals surface area contributed by atoms with E-state index in [-0.39, 0.29) is 5.97 Å². The van der Waals surface area contributed by atoms with Crippen molar-refractivity contribution in [3.05, 3.63) is 29.6 Å². The molecule has 0 spiro atoms. The minimum Gasteiger partial charge on any atom is -0.466 e. The van der Waals surface area contributed by atoms with Crippen LogP contribution in [0.1, 0.15) is 31.0 Å². The lowest BCUT2D eigenvalue weighted by atomic mass is 10.1. The zero-order chi connectivity index (χ0) is 10.6. The van der Waals surface area contributed by atoms with Gasteiger partial charge in [-0.3, -0.25) is 0 Å². The number of esters is 1. The molecule has 3 nitrogen and oxygen atoms in total. The molecule has 14 heavy (non-hydrogen) atoms. The van der Waals surface area contributed by atoms with Crippen LogP contribution in [-0.2, 0) is 9.53 Å². The highest BCUT2D eigenvalue weighted by Crippen LogP contribution is 2.14. The van der Waals surface area contributed by atoms with Crippen molar-refractivity contribution in [2.75, 3.05) is 7.11 Å². The van der Waals surface area contributed by atoms with Crippen LogP contribution in [0.4, 0.5) is 0 Å². The number of rotatable bonds is 3. The topological polar surface area (TPSA) is 42.1 Å². The lowest BCUT2D eigenvalue weighted by Gasteiger charge is -1.97. The molecule has 0 atom stereocenters. The molecular weight excluding hydrogens is 178 g/mol. The maximum Gasteiger partial charge on any atom is 0.330 e. The van der Waals surface area contributed by atoms with Crippen LogP contribution >= 0.6 is 0 Å². The number of methoxy groups -OCH3 is 1. The molecule has 0 unspecified atom stereocenters. The van der Waals surface area contributed by atoms with E-state index < -0.39 is 0 Å². The van der Waals surface area contributed by atoms with Gasteiger partial charge in [0.2, 0.25) is 0 Å². The fraction of sp³-hybridized carbons (Fsp3) is 0.364. The summed E-state index contributed by atoms with van der Waals surface area (Å²) in [6.07, 6.45) is 5.01. The van der Waals surface area contributed by atoms with Crippen LogP contribution in [-0.4, -0.2) is 18.1 Å². The SMILES string of the molecule is COC(=O)C=Cc1c[nH]c(C(C)C)c1. The predicted molar refractivity (Wildman–Crippen MR) is 55.9 cm³/mol.